The second-order valence-electron chi connectivity index (χ2n) is 3.70. The maximum absolute atomic E-state index is 9.37. The Morgan fingerprint density at radius 2 is 2.09 bits per heavy atom. The first-order valence-corrected chi connectivity index (χ1v) is 4.50. The second kappa shape index (κ2) is 4.07. The molecule has 2 heteroatoms. The molecule has 1 saturated carbocycles. The summed E-state index contributed by atoms with van der Waals surface area (Å²) in [6.45, 7) is 4.53. The number of aliphatic hydroxyl groups is 1. The van der Waals surface area contributed by atoms with Crippen molar-refractivity contribution in [3.8, 4) is 0 Å². The third-order valence-corrected chi connectivity index (χ3v) is 2.32. The molecule has 11 heavy (non-hydrogen) atoms. The molecule has 1 unspecified atom stereocenters. The highest BCUT2D eigenvalue weighted by atomic mass is 16.5. The number of hydrogen-bond acceptors (Lipinski definition) is 2. The van der Waals surface area contributed by atoms with Gasteiger partial charge in [-0.2, -0.15) is 0 Å². The largest absolute Gasteiger partial charge is 0.390 e. The molecule has 0 heterocycles. The Morgan fingerprint density at radius 1 is 1.45 bits per heavy atom. The van der Waals surface area contributed by atoms with Crippen LogP contribution in [0.3, 0.4) is 0 Å². The molecule has 0 aromatic heterocycles. The quantitative estimate of drug-likeness (QED) is 0.673. The van der Waals surface area contributed by atoms with Crippen molar-refractivity contribution in [1.82, 2.24) is 0 Å². The molecule has 1 aliphatic rings. The van der Waals surface area contributed by atoms with E-state index >= 15 is 0 Å². The number of aliphatic hydroxyl groups excluding tert-OH is 1. The summed E-state index contributed by atoms with van der Waals surface area (Å²) in [6.07, 6.45) is 3.83. The molecule has 0 amide bonds. The second-order valence-corrected chi connectivity index (χ2v) is 3.70. The minimum atomic E-state index is -0.282. The van der Waals surface area contributed by atoms with Crippen LogP contribution >= 0.6 is 0 Å². The summed E-state index contributed by atoms with van der Waals surface area (Å²) in [6, 6.07) is 0. The minimum Gasteiger partial charge on any atom is -0.390 e. The van der Waals surface area contributed by atoms with E-state index in [0.29, 0.717) is 18.6 Å². The van der Waals surface area contributed by atoms with Crippen molar-refractivity contribution in [3.05, 3.63) is 0 Å². The van der Waals surface area contributed by atoms with Crippen LogP contribution in [0.15, 0.2) is 0 Å². The first-order valence-electron chi connectivity index (χ1n) is 4.50. The van der Waals surface area contributed by atoms with Crippen molar-refractivity contribution < 1.29 is 9.84 Å². The SMILES string of the molecule is CC(C)C(O)COC1CCC1. The lowest BCUT2D eigenvalue weighted by atomic mass is 9.96. The van der Waals surface area contributed by atoms with Crippen molar-refractivity contribution in [1.29, 1.82) is 0 Å². The van der Waals surface area contributed by atoms with Crippen molar-refractivity contribution in [3.63, 3.8) is 0 Å². The van der Waals surface area contributed by atoms with Gasteiger partial charge in [-0.1, -0.05) is 13.8 Å². The topological polar surface area (TPSA) is 29.5 Å². The standard InChI is InChI=1S/C9H18O2/c1-7(2)9(10)6-11-8-4-3-5-8/h7-10H,3-6H2,1-2H3. The summed E-state index contributed by atoms with van der Waals surface area (Å²) in [4.78, 5) is 0. The Bertz CT molecular complexity index is 108. The molecule has 1 aliphatic carbocycles. The molecule has 0 radical (unpaired) electrons. The Labute approximate surface area is 68.6 Å². The fourth-order valence-electron chi connectivity index (χ4n) is 0.965. The van der Waals surface area contributed by atoms with Crippen molar-refractivity contribution >= 4 is 0 Å². The molecule has 0 bridgehead atoms. The van der Waals surface area contributed by atoms with Gasteiger partial charge in [-0.15, -0.1) is 0 Å². The lowest BCUT2D eigenvalue weighted by molar-refractivity contribution is -0.0534. The van der Waals surface area contributed by atoms with Gasteiger partial charge in [0.05, 0.1) is 18.8 Å². The minimum absolute atomic E-state index is 0.282. The number of hydrogen-bond donors (Lipinski definition) is 1. The maximum Gasteiger partial charge on any atom is 0.0796 e. The average molecular weight is 158 g/mol. The zero-order valence-corrected chi connectivity index (χ0v) is 7.42. The fourth-order valence-corrected chi connectivity index (χ4v) is 0.965. The van der Waals surface area contributed by atoms with Crippen molar-refractivity contribution in [2.75, 3.05) is 6.61 Å². The highest BCUT2D eigenvalue weighted by Crippen LogP contribution is 2.22. The van der Waals surface area contributed by atoms with Crippen LogP contribution in [0.4, 0.5) is 0 Å². The maximum atomic E-state index is 9.37. The summed E-state index contributed by atoms with van der Waals surface area (Å²) in [5.74, 6) is 0.315. The van der Waals surface area contributed by atoms with Crippen LogP contribution in [0.25, 0.3) is 0 Å². The van der Waals surface area contributed by atoms with Gasteiger partial charge in [-0.25, -0.2) is 0 Å². The Morgan fingerprint density at radius 3 is 2.45 bits per heavy atom. The van der Waals surface area contributed by atoms with E-state index < -0.39 is 0 Å². The average Bonchev–Trinajstić information content (AvgIpc) is 1.83. The molecule has 1 fully saturated rings. The number of ether oxygens (including phenoxy) is 1. The van der Waals surface area contributed by atoms with E-state index in [9.17, 15) is 5.11 Å². The van der Waals surface area contributed by atoms with Gasteiger partial charge in [0.25, 0.3) is 0 Å². The summed E-state index contributed by atoms with van der Waals surface area (Å²) in [5, 5.41) is 9.37. The van der Waals surface area contributed by atoms with Crippen LogP contribution in [0.5, 0.6) is 0 Å². The van der Waals surface area contributed by atoms with E-state index in [4.69, 9.17) is 4.74 Å². The van der Waals surface area contributed by atoms with Crippen molar-refractivity contribution in [2.24, 2.45) is 5.92 Å². The Hall–Kier alpha value is -0.0800. The van der Waals surface area contributed by atoms with Gasteiger partial charge in [0.1, 0.15) is 0 Å². The summed E-state index contributed by atoms with van der Waals surface area (Å²) in [7, 11) is 0. The molecule has 0 aromatic carbocycles. The van der Waals surface area contributed by atoms with Crippen LogP contribution in [-0.2, 0) is 4.74 Å². The Kier molecular flexibility index (Phi) is 3.34. The molecule has 0 spiro atoms. The Balaban J connectivity index is 2.01. The highest BCUT2D eigenvalue weighted by Gasteiger charge is 2.19. The summed E-state index contributed by atoms with van der Waals surface area (Å²) < 4.78 is 5.45. The van der Waals surface area contributed by atoms with Crippen LogP contribution in [0.1, 0.15) is 33.1 Å². The van der Waals surface area contributed by atoms with Crippen LogP contribution in [0.2, 0.25) is 0 Å². The molecular formula is C9H18O2. The molecule has 2 nitrogen and oxygen atoms in total. The monoisotopic (exact) mass is 158 g/mol. The molecule has 0 aliphatic heterocycles. The van der Waals surface area contributed by atoms with Gasteiger partial charge in [-0.05, 0) is 25.2 Å². The molecule has 1 rings (SSSR count). The van der Waals surface area contributed by atoms with E-state index in [1.807, 2.05) is 13.8 Å². The van der Waals surface area contributed by atoms with Gasteiger partial charge >= 0.3 is 0 Å². The van der Waals surface area contributed by atoms with E-state index in [1.165, 1.54) is 19.3 Å². The predicted molar refractivity (Wildman–Crippen MR) is 44.4 cm³/mol. The normalized spacial score (nSPS) is 21.8. The summed E-state index contributed by atoms with van der Waals surface area (Å²) >= 11 is 0. The van der Waals surface area contributed by atoms with Crippen LogP contribution < -0.4 is 0 Å². The van der Waals surface area contributed by atoms with E-state index in [-0.39, 0.29) is 6.10 Å². The van der Waals surface area contributed by atoms with Crippen LogP contribution in [0, 0.1) is 5.92 Å². The molecule has 66 valence electrons. The van der Waals surface area contributed by atoms with Gasteiger partial charge in [0, 0.05) is 0 Å². The number of rotatable bonds is 4. The lowest BCUT2D eigenvalue weighted by Gasteiger charge is -2.27. The summed E-state index contributed by atoms with van der Waals surface area (Å²) in [5.41, 5.74) is 0. The highest BCUT2D eigenvalue weighted by molar-refractivity contribution is 4.70. The van der Waals surface area contributed by atoms with Gasteiger partial charge < -0.3 is 9.84 Å². The first kappa shape index (κ1) is 9.01. The first-order chi connectivity index (χ1) is 5.20. The van der Waals surface area contributed by atoms with E-state index in [0.717, 1.165) is 0 Å². The van der Waals surface area contributed by atoms with E-state index in [2.05, 4.69) is 0 Å². The lowest BCUT2D eigenvalue weighted by Crippen LogP contribution is -2.29. The smallest absolute Gasteiger partial charge is 0.0796 e. The van der Waals surface area contributed by atoms with Crippen LogP contribution in [-0.4, -0.2) is 23.9 Å². The molecule has 0 aromatic rings. The van der Waals surface area contributed by atoms with Gasteiger partial charge in [-0.3, -0.25) is 0 Å². The molecule has 1 atom stereocenters. The van der Waals surface area contributed by atoms with Crippen molar-refractivity contribution in [2.45, 2.75) is 45.3 Å². The van der Waals surface area contributed by atoms with Gasteiger partial charge in [0.2, 0.25) is 0 Å². The predicted octanol–water partition coefficient (Wildman–Crippen LogP) is 1.57. The third-order valence-electron chi connectivity index (χ3n) is 2.32. The molecular weight excluding hydrogens is 140 g/mol. The third kappa shape index (κ3) is 2.80. The van der Waals surface area contributed by atoms with E-state index in [1.54, 1.807) is 0 Å². The zero-order valence-electron chi connectivity index (χ0n) is 7.42. The van der Waals surface area contributed by atoms with Gasteiger partial charge in [0.15, 0.2) is 0 Å². The molecule has 0 saturated heterocycles. The fraction of sp³-hybridized carbons (Fsp3) is 1.00. The molecule has 1 N–H and O–H groups in total. The zero-order chi connectivity index (χ0) is 8.27.